The Morgan fingerprint density at radius 1 is 1.08 bits per heavy atom. The Kier molecular flexibility index (Phi) is 7.82. The first-order valence-corrected chi connectivity index (χ1v) is 11.5. The summed E-state index contributed by atoms with van der Waals surface area (Å²) in [6.07, 6.45) is 7.78. The molecule has 4 nitrogen and oxygen atoms in total. The molecule has 146 valence electrons. The number of nitrogens with one attached hydrogen (secondary N) is 1. The molecular formula is C20H31Br2N3O. The molecule has 2 fully saturated rings. The molecule has 6 heteroatoms. The molecule has 1 aromatic rings. The highest BCUT2D eigenvalue weighted by molar-refractivity contribution is 9.11. The van der Waals surface area contributed by atoms with Gasteiger partial charge in [0.25, 0.3) is 0 Å². The zero-order valence-electron chi connectivity index (χ0n) is 15.7. The summed E-state index contributed by atoms with van der Waals surface area (Å²) in [7, 11) is 2.05. The first-order chi connectivity index (χ1) is 12.6. The summed E-state index contributed by atoms with van der Waals surface area (Å²) in [4.78, 5) is 5.36. The number of likely N-dealkylation sites (tertiary alicyclic amines) is 2. The molecule has 0 radical (unpaired) electrons. The lowest BCUT2D eigenvalue weighted by molar-refractivity contribution is 0.0885. The molecule has 2 aliphatic rings. The normalized spacial score (nSPS) is 21.8. The third-order valence-electron chi connectivity index (χ3n) is 5.91. The number of aromatic hydroxyl groups is 1. The summed E-state index contributed by atoms with van der Waals surface area (Å²) in [6, 6.07) is 5.27. The number of rotatable bonds is 6. The number of benzene rings is 1. The molecule has 1 unspecified atom stereocenters. The molecule has 0 amide bonds. The van der Waals surface area contributed by atoms with E-state index in [1.54, 1.807) is 0 Å². The van der Waals surface area contributed by atoms with Crippen molar-refractivity contribution in [3.8, 4) is 5.75 Å². The third kappa shape index (κ3) is 5.44. The fourth-order valence-corrected chi connectivity index (χ4v) is 5.62. The second-order valence-corrected chi connectivity index (χ2v) is 9.43. The molecule has 2 N–H and O–H groups in total. The van der Waals surface area contributed by atoms with E-state index in [1.165, 1.54) is 63.8 Å². The van der Waals surface area contributed by atoms with Crippen molar-refractivity contribution in [2.24, 2.45) is 0 Å². The van der Waals surface area contributed by atoms with Gasteiger partial charge in [-0.1, -0.05) is 6.42 Å². The lowest BCUT2D eigenvalue weighted by Crippen LogP contribution is -2.49. The van der Waals surface area contributed by atoms with E-state index < -0.39 is 0 Å². The van der Waals surface area contributed by atoms with Crippen molar-refractivity contribution in [1.82, 2.24) is 15.1 Å². The van der Waals surface area contributed by atoms with E-state index in [4.69, 9.17) is 0 Å². The zero-order chi connectivity index (χ0) is 18.5. The van der Waals surface area contributed by atoms with Crippen LogP contribution in [0.5, 0.6) is 5.75 Å². The maximum atomic E-state index is 9.89. The van der Waals surface area contributed by atoms with Gasteiger partial charge in [0.1, 0.15) is 5.75 Å². The average molecular weight is 489 g/mol. The van der Waals surface area contributed by atoms with Crippen molar-refractivity contribution in [2.45, 2.75) is 50.6 Å². The van der Waals surface area contributed by atoms with Crippen LogP contribution < -0.4 is 5.32 Å². The number of hydrogen-bond acceptors (Lipinski definition) is 4. The van der Waals surface area contributed by atoms with Crippen LogP contribution in [-0.2, 0) is 6.42 Å². The van der Waals surface area contributed by atoms with E-state index in [0.29, 0.717) is 6.04 Å². The fraction of sp³-hybridized carbons (Fsp3) is 0.700. The van der Waals surface area contributed by atoms with Gasteiger partial charge in [-0.2, -0.15) is 0 Å². The van der Waals surface area contributed by atoms with Crippen molar-refractivity contribution < 1.29 is 5.11 Å². The summed E-state index contributed by atoms with van der Waals surface area (Å²) in [5.74, 6) is 0.273. The van der Waals surface area contributed by atoms with Crippen LogP contribution in [0.2, 0.25) is 0 Å². The zero-order valence-corrected chi connectivity index (χ0v) is 18.9. The highest BCUT2D eigenvalue weighted by Gasteiger charge is 2.26. The highest BCUT2D eigenvalue weighted by Crippen LogP contribution is 2.33. The average Bonchev–Trinajstić information content (AvgIpc) is 2.67. The fourth-order valence-electron chi connectivity index (χ4n) is 4.34. The van der Waals surface area contributed by atoms with Crippen molar-refractivity contribution >= 4 is 31.9 Å². The van der Waals surface area contributed by atoms with E-state index in [9.17, 15) is 5.11 Å². The van der Waals surface area contributed by atoms with Gasteiger partial charge in [0.15, 0.2) is 0 Å². The Bertz CT molecular complexity index is 561. The molecule has 26 heavy (non-hydrogen) atoms. The Balaban J connectivity index is 1.49. The Morgan fingerprint density at radius 2 is 1.69 bits per heavy atom. The number of piperidine rings is 2. The SMILES string of the molecule is CNC(Cc1cc(Br)c(O)c(Br)c1)CN1CCC(N2CCCCC2)CC1. The van der Waals surface area contributed by atoms with Crippen LogP contribution in [0.3, 0.4) is 0 Å². The predicted molar refractivity (Wildman–Crippen MR) is 115 cm³/mol. The van der Waals surface area contributed by atoms with Crippen LogP contribution in [0.25, 0.3) is 0 Å². The van der Waals surface area contributed by atoms with Crippen molar-refractivity contribution in [2.75, 3.05) is 39.8 Å². The van der Waals surface area contributed by atoms with E-state index >= 15 is 0 Å². The first kappa shape index (κ1) is 20.6. The van der Waals surface area contributed by atoms with Gasteiger partial charge in [0.05, 0.1) is 8.95 Å². The Labute approximate surface area is 174 Å². The summed E-state index contributed by atoms with van der Waals surface area (Å²) in [5.41, 5.74) is 1.23. The molecule has 2 saturated heterocycles. The molecule has 1 atom stereocenters. The van der Waals surface area contributed by atoms with Crippen LogP contribution in [-0.4, -0.2) is 66.8 Å². The van der Waals surface area contributed by atoms with Crippen LogP contribution in [0.4, 0.5) is 0 Å². The molecule has 0 aromatic heterocycles. The predicted octanol–water partition coefficient (Wildman–Crippen LogP) is 4.00. The van der Waals surface area contributed by atoms with E-state index in [-0.39, 0.29) is 5.75 Å². The molecule has 1 aromatic carbocycles. The molecule has 0 saturated carbocycles. The number of phenols is 1. The number of likely N-dealkylation sites (N-methyl/N-ethyl adjacent to an activating group) is 1. The standard InChI is InChI=1S/C20H31Br2N3O/c1-23-16(11-15-12-18(21)20(26)19(22)13-15)14-24-9-5-17(6-10-24)25-7-3-2-4-8-25/h12-13,16-17,23,26H,2-11,14H2,1H3. The first-order valence-electron chi connectivity index (χ1n) is 9.87. The number of nitrogens with zero attached hydrogens (tertiary/aromatic N) is 2. The monoisotopic (exact) mass is 487 g/mol. The molecular weight excluding hydrogens is 458 g/mol. The van der Waals surface area contributed by atoms with Crippen LogP contribution >= 0.6 is 31.9 Å². The van der Waals surface area contributed by atoms with E-state index in [2.05, 4.69) is 54.0 Å². The third-order valence-corrected chi connectivity index (χ3v) is 7.12. The second kappa shape index (κ2) is 9.87. The van der Waals surface area contributed by atoms with Gasteiger partial charge in [-0.25, -0.2) is 0 Å². The van der Waals surface area contributed by atoms with Gasteiger partial charge in [-0.3, -0.25) is 0 Å². The molecule has 0 bridgehead atoms. The Morgan fingerprint density at radius 3 is 2.27 bits per heavy atom. The van der Waals surface area contributed by atoms with E-state index in [0.717, 1.165) is 28.0 Å². The van der Waals surface area contributed by atoms with Gasteiger partial charge >= 0.3 is 0 Å². The van der Waals surface area contributed by atoms with E-state index in [1.807, 2.05) is 12.1 Å². The van der Waals surface area contributed by atoms with Crippen molar-refractivity contribution in [3.05, 3.63) is 26.6 Å². The lowest BCUT2D eigenvalue weighted by Gasteiger charge is -2.41. The van der Waals surface area contributed by atoms with Gasteiger partial charge in [-0.15, -0.1) is 0 Å². The molecule has 0 spiro atoms. The smallest absolute Gasteiger partial charge is 0.143 e. The van der Waals surface area contributed by atoms with Gasteiger partial charge in [0.2, 0.25) is 0 Å². The minimum Gasteiger partial charge on any atom is -0.506 e. The quantitative estimate of drug-likeness (QED) is 0.634. The molecule has 0 aliphatic carbocycles. The minimum absolute atomic E-state index is 0.273. The summed E-state index contributed by atoms with van der Waals surface area (Å²) in [5, 5.41) is 13.4. The topological polar surface area (TPSA) is 38.7 Å². The summed E-state index contributed by atoms with van der Waals surface area (Å²) < 4.78 is 1.50. The molecule has 2 aliphatic heterocycles. The maximum Gasteiger partial charge on any atom is 0.143 e. The largest absolute Gasteiger partial charge is 0.506 e. The van der Waals surface area contributed by atoms with Gasteiger partial charge in [-0.05, 0) is 115 Å². The molecule has 2 heterocycles. The molecule has 3 rings (SSSR count). The van der Waals surface area contributed by atoms with Crippen LogP contribution in [0, 0.1) is 0 Å². The van der Waals surface area contributed by atoms with Crippen molar-refractivity contribution in [3.63, 3.8) is 0 Å². The highest BCUT2D eigenvalue weighted by atomic mass is 79.9. The van der Waals surface area contributed by atoms with Gasteiger partial charge in [0, 0.05) is 18.6 Å². The number of hydrogen-bond donors (Lipinski definition) is 2. The maximum absolute atomic E-state index is 9.89. The number of halogens is 2. The minimum atomic E-state index is 0.273. The second-order valence-electron chi connectivity index (χ2n) is 7.73. The van der Waals surface area contributed by atoms with Gasteiger partial charge < -0.3 is 20.2 Å². The van der Waals surface area contributed by atoms with Crippen LogP contribution in [0.1, 0.15) is 37.7 Å². The number of phenolic OH excluding ortho intramolecular Hbond substituents is 1. The van der Waals surface area contributed by atoms with Crippen LogP contribution in [0.15, 0.2) is 21.1 Å². The summed E-state index contributed by atoms with van der Waals surface area (Å²) in [6.45, 7) is 6.13. The summed E-state index contributed by atoms with van der Waals surface area (Å²) >= 11 is 6.87. The Hall–Kier alpha value is -0.140. The lowest BCUT2D eigenvalue weighted by atomic mass is 9.98. The van der Waals surface area contributed by atoms with Crippen molar-refractivity contribution in [1.29, 1.82) is 0 Å².